The molecule has 1 aliphatic heterocycles. The second-order valence-corrected chi connectivity index (χ2v) is 6.50. The highest BCUT2D eigenvalue weighted by molar-refractivity contribution is 5.05. The summed E-state index contributed by atoms with van der Waals surface area (Å²) in [5.41, 5.74) is 0. The van der Waals surface area contributed by atoms with Gasteiger partial charge in [0, 0.05) is 19.6 Å². The summed E-state index contributed by atoms with van der Waals surface area (Å²) < 4.78 is 36.4. The first kappa shape index (κ1) is 15.1. The van der Waals surface area contributed by atoms with Crippen molar-refractivity contribution >= 4 is 0 Å². The fourth-order valence-electron chi connectivity index (χ4n) is 3.17. The molecule has 0 aromatic heterocycles. The molecule has 1 saturated carbocycles. The Hall–Kier alpha value is -0.290. The Balaban J connectivity index is 1.54. The number of hydrogen-bond acceptors (Lipinski definition) is 2. The van der Waals surface area contributed by atoms with Gasteiger partial charge < -0.3 is 10.2 Å². The molecule has 0 spiro atoms. The third kappa shape index (κ3) is 4.63. The first-order chi connectivity index (χ1) is 8.87. The van der Waals surface area contributed by atoms with Crippen molar-refractivity contribution in [2.45, 2.75) is 32.9 Å². The van der Waals surface area contributed by atoms with Gasteiger partial charge in [-0.2, -0.15) is 13.2 Å². The van der Waals surface area contributed by atoms with Gasteiger partial charge in [-0.05, 0) is 43.2 Å². The maximum atomic E-state index is 12.1. The predicted molar refractivity (Wildman–Crippen MR) is 69.9 cm³/mol. The maximum Gasteiger partial charge on any atom is 0.390 e. The van der Waals surface area contributed by atoms with Crippen molar-refractivity contribution in [2.24, 2.45) is 23.7 Å². The number of nitrogens with one attached hydrogen (secondary N) is 1. The van der Waals surface area contributed by atoms with Gasteiger partial charge >= 0.3 is 6.18 Å². The summed E-state index contributed by atoms with van der Waals surface area (Å²) in [6, 6.07) is 0. The SMILES string of the molecule is CC(C)CCNCC1C2CN(CCC(F)(F)F)CC12. The van der Waals surface area contributed by atoms with Crippen molar-refractivity contribution in [2.75, 3.05) is 32.7 Å². The van der Waals surface area contributed by atoms with E-state index in [1.54, 1.807) is 0 Å². The average molecular weight is 278 g/mol. The van der Waals surface area contributed by atoms with E-state index in [9.17, 15) is 13.2 Å². The van der Waals surface area contributed by atoms with Crippen molar-refractivity contribution < 1.29 is 13.2 Å². The average Bonchev–Trinajstić information content (AvgIpc) is 2.74. The summed E-state index contributed by atoms with van der Waals surface area (Å²) in [5, 5.41) is 3.48. The van der Waals surface area contributed by atoms with Gasteiger partial charge in [-0.3, -0.25) is 0 Å². The zero-order valence-electron chi connectivity index (χ0n) is 11.8. The quantitative estimate of drug-likeness (QED) is 0.720. The first-order valence-corrected chi connectivity index (χ1v) is 7.36. The Morgan fingerprint density at radius 3 is 2.37 bits per heavy atom. The lowest BCUT2D eigenvalue weighted by molar-refractivity contribution is -0.137. The third-order valence-electron chi connectivity index (χ3n) is 4.44. The summed E-state index contributed by atoms with van der Waals surface area (Å²) in [5.74, 6) is 2.75. The molecule has 1 aliphatic carbocycles. The van der Waals surface area contributed by atoms with Crippen molar-refractivity contribution in [3.05, 3.63) is 0 Å². The minimum atomic E-state index is -4.01. The molecule has 2 nitrogen and oxygen atoms in total. The number of nitrogens with zero attached hydrogens (tertiary/aromatic N) is 1. The number of hydrogen-bond donors (Lipinski definition) is 1. The van der Waals surface area contributed by atoms with Crippen LogP contribution < -0.4 is 5.32 Å². The largest absolute Gasteiger partial charge is 0.390 e. The van der Waals surface area contributed by atoms with Crippen molar-refractivity contribution in [3.63, 3.8) is 0 Å². The summed E-state index contributed by atoms with van der Waals surface area (Å²) in [6.45, 7) is 8.47. The van der Waals surface area contributed by atoms with Crippen LogP contribution in [0.5, 0.6) is 0 Å². The molecule has 2 fully saturated rings. The Bertz CT molecular complexity index is 279. The summed E-state index contributed by atoms with van der Waals surface area (Å²) >= 11 is 0. The molecule has 0 aromatic rings. The third-order valence-corrected chi connectivity index (χ3v) is 4.44. The maximum absolute atomic E-state index is 12.1. The Morgan fingerprint density at radius 1 is 1.21 bits per heavy atom. The molecule has 2 unspecified atom stereocenters. The molecule has 1 heterocycles. The molecular weight excluding hydrogens is 253 g/mol. The fourth-order valence-corrected chi connectivity index (χ4v) is 3.17. The highest BCUT2D eigenvalue weighted by Crippen LogP contribution is 2.51. The van der Waals surface area contributed by atoms with E-state index in [4.69, 9.17) is 0 Å². The van der Waals surface area contributed by atoms with E-state index < -0.39 is 12.6 Å². The Kier molecular flexibility index (Phi) is 4.77. The molecule has 2 aliphatic rings. The van der Waals surface area contributed by atoms with E-state index in [0.29, 0.717) is 17.8 Å². The van der Waals surface area contributed by atoms with Gasteiger partial charge in [-0.15, -0.1) is 0 Å². The minimum absolute atomic E-state index is 0.185. The predicted octanol–water partition coefficient (Wildman–Crippen LogP) is 2.75. The highest BCUT2D eigenvalue weighted by Gasteiger charge is 2.54. The second-order valence-electron chi connectivity index (χ2n) is 6.50. The van der Waals surface area contributed by atoms with Crippen LogP contribution in [0.15, 0.2) is 0 Å². The van der Waals surface area contributed by atoms with E-state index in [1.807, 2.05) is 4.90 Å². The Labute approximate surface area is 113 Å². The number of halogens is 3. The lowest BCUT2D eigenvalue weighted by atomic mass is 10.1. The minimum Gasteiger partial charge on any atom is -0.316 e. The lowest BCUT2D eigenvalue weighted by Gasteiger charge is -2.20. The molecule has 2 rings (SSSR count). The van der Waals surface area contributed by atoms with Crippen LogP contribution in [0.3, 0.4) is 0 Å². The zero-order valence-corrected chi connectivity index (χ0v) is 11.8. The molecule has 1 saturated heterocycles. The van der Waals surface area contributed by atoms with Crippen molar-refractivity contribution in [1.29, 1.82) is 0 Å². The van der Waals surface area contributed by atoms with E-state index in [0.717, 1.165) is 32.1 Å². The molecule has 0 radical (unpaired) electrons. The standard InChI is InChI=1S/C14H25F3N2/c1-10(2)3-5-18-7-11-12-8-19(9-13(11)12)6-4-14(15,16)17/h10-13,18H,3-9H2,1-2H3. The second kappa shape index (κ2) is 6.00. The molecule has 0 bridgehead atoms. The van der Waals surface area contributed by atoms with Crippen LogP contribution in [-0.2, 0) is 0 Å². The molecule has 19 heavy (non-hydrogen) atoms. The number of likely N-dealkylation sites (tertiary alicyclic amines) is 1. The zero-order chi connectivity index (χ0) is 14.0. The van der Waals surface area contributed by atoms with Crippen molar-refractivity contribution in [1.82, 2.24) is 10.2 Å². The smallest absolute Gasteiger partial charge is 0.316 e. The fraction of sp³-hybridized carbons (Fsp3) is 1.00. The lowest BCUT2D eigenvalue weighted by Crippen LogP contribution is -2.31. The molecular formula is C14H25F3N2. The first-order valence-electron chi connectivity index (χ1n) is 7.36. The van der Waals surface area contributed by atoms with Crippen LogP contribution in [-0.4, -0.2) is 43.8 Å². The van der Waals surface area contributed by atoms with Crippen LogP contribution in [0.4, 0.5) is 13.2 Å². The van der Waals surface area contributed by atoms with Gasteiger partial charge in [0.1, 0.15) is 0 Å². The number of piperidine rings is 1. The number of rotatable bonds is 7. The van der Waals surface area contributed by atoms with E-state index >= 15 is 0 Å². The molecule has 5 heteroatoms. The molecule has 1 N–H and O–H groups in total. The van der Waals surface area contributed by atoms with Gasteiger partial charge in [0.2, 0.25) is 0 Å². The Morgan fingerprint density at radius 2 is 1.84 bits per heavy atom. The molecule has 0 amide bonds. The number of fused-ring (bicyclic) bond motifs is 1. The van der Waals surface area contributed by atoms with Crippen molar-refractivity contribution in [3.8, 4) is 0 Å². The van der Waals surface area contributed by atoms with Gasteiger partial charge in [-0.1, -0.05) is 13.8 Å². The molecule has 2 atom stereocenters. The molecule has 0 aromatic carbocycles. The summed E-state index contributed by atoms with van der Waals surface area (Å²) in [7, 11) is 0. The van der Waals surface area contributed by atoms with Crippen LogP contribution in [0.1, 0.15) is 26.7 Å². The van der Waals surface area contributed by atoms with Gasteiger partial charge in [0.05, 0.1) is 6.42 Å². The monoisotopic (exact) mass is 278 g/mol. The summed E-state index contributed by atoms with van der Waals surface area (Å²) in [6.07, 6.45) is -3.48. The van der Waals surface area contributed by atoms with Crippen LogP contribution in [0.2, 0.25) is 0 Å². The number of alkyl halides is 3. The molecule has 112 valence electrons. The van der Waals surface area contributed by atoms with Crippen LogP contribution in [0.25, 0.3) is 0 Å². The van der Waals surface area contributed by atoms with Crippen LogP contribution >= 0.6 is 0 Å². The summed E-state index contributed by atoms with van der Waals surface area (Å²) in [4.78, 5) is 1.98. The topological polar surface area (TPSA) is 15.3 Å². The van der Waals surface area contributed by atoms with Gasteiger partial charge in [0.15, 0.2) is 0 Å². The van der Waals surface area contributed by atoms with E-state index in [2.05, 4.69) is 19.2 Å². The van der Waals surface area contributed by atoms with E-state index in [-0.39, 0.29) is 6.54 Å². The van der Waals surface area contributed by atoms with Gasteiger partial charge in [-0.25, -0.2) is 0 Å². The normalized spacial score (nSPS) is 30.9. The van der Waals surface area contributed by atoms with Crippen LogP contribution in [0, 0.1) is 23.7 Å². The highest BCUT2D eigenvalue weighted by atomic mass is 19.4. The van der Waals surface area contributed by atoms with Gasteiger partial charge in [0.25, 0.3) is 0 Å². The van der Waals surface area contributed by atoms with E-state index in [1.165, 1.54) is 6.42 Å².